The highest BCUT2D eigenvalue weighted by atomic mass is 32.2. The fourth-order valence-electron chi connectivity index (χ4n) is 4.57. The Morgan fingerprint density at radius 1 is 1.11 bits per heavy atom. The van der Waals surface area contributed by atoms with Crippen LogP contribution in [-0.4, -0.2) is 48.8 Å². The highest BCUT2D eigenvalue weighted by molar-refractivity contribution is 7.89. The molecule has 150 valence electrons. The first-order valence-electron chi connectivity index (χ1n) is 9.77. The second-order valence-corrected chi connectivity index (χ2v) is 10.1. The summed E-state index contributed by atoms with van der Waals surface area (Å²) in [5.41, 5.74) is 2.04. The summed E-state index contributed by atoms with van der Waals surface area (Å²) in [4.78, 5) is 7.04. The van der Waals surface area contributed by atoms with Crippen LogP contribution >= 0.6 is 0 Å². The minimum Gasteiger partial charge on any atom is -0.297 e. The molecule has 5 nitrogen and oxygen atoms in total. The Bertz CT molecular complexity index is 966. The van der Waals surface area contributed by atoms with E-state index < -0.39 is 15.8 Å². The van der Waals surface area contributed by atoms with E-state index in [0.29, 0.717) is 13.1 Å². The van der Waals surface area contributed by atoms with E-state index in [1.54, 1.807) is 0 Å². The third-order valence-electron chi connectivity index (χ3n) is 5.91. The number of benzene rings is 1. The smallest absolute Gasteiger partial charge is 0.243 e. The van der Waals surface area contributed by atoms with Crippen LogP contribution in [0.2, 0.25) is 0 Å². The Hall–Kier alpha value is -1.83. The maximum absolute atomic E-state index is 13.5. The summed E-state index contributed by atoms with van der Waals surface area (Å²) in [7, 11) is -3.66. The van der Waals surface area contributed by atoms with Gasteiger partial charge < -0.3 is 0 Å². The number of hydrogen-bond donors (Lipinski definition) is 0. The van der Waals surface area contributed by atoms with Crippen LogP contribution in [0.5, 0.6) is 0 Å². The monoisotopic (exact) mass is 403 g/mol. The third kappa shape index (κ3) is 3.97. The first-order valence-corrected chi connectivity index (χ1v) is 11.2. The maximum atomic E-state index is 13.5. The Morgan fingerprint density at radius 2 is 1.93 bits per heavy atom. The fourth-order valence-corrected chi connectivity index (χ4v) is 6.16. The number of piperidine rings is 1. The number of hydrogen-bond acceptors (Lipinski definition) is 4. The molecule has 1 aromatic heterocycles. The molecule has 1 atom stereocenters. The number of pyridine rings is 1. The molecule has 1 aromatic carbocycles. The van der Waals surface area contributed by atoms with Gasteiger partial charge in [0, 0.05) is 31.9 Å². The normalized spacial score (nSPS) is 24.1. The van der Waals surface area contributed by atoms with Crippen molar-refractivity contribution in [3.8, 4) is 0 Å². The van der Waals surface area contributed by atoms with Crippen molar-refractivity contribution in [1.29, 1.82) is 0 Å². The molecule has 4 rings (SSSR count). The molecule has 0 saturated carbocycles. The number of rotatable bonds is 4. The Balaban J connectivity index is 1.47. The van der Waals surface area contributed by atoms with Crippen molar-refractivity contribution in [1.82, 2.24) is 14.2 Å². The van der Waals surface area contributed by atoms with Gasteiger partial charge in [-0.25, -0.2) is 12.8 Å². The summed E-state index contributed by atoms with van der Waals surface area (Å²) >= 11 is 0. The summed E-state index contributed by atoms with van der Waals surface area (Å²) in [6.45, 7) is 5.66. The molecule has 0 radical (unpaired) electrons. The van der Waals surface area contributed by atoms with Crippen LogP contribution in [-0.2, 0) is 16.6 Å². The van der Waals surface area contributed by atoms with Crippen molar-refractivity contribution in [3.05, 3.63) is 59.7 Å². The van der Waals surface area contributed by atoms with Crippen LogP contribution in [0.4, 0.5) is 4.39 Å². The first-order chi connectivity index (χ1) is 13.4. The van der Waals surface area contributed by atoms with Crippen LogP contribution in [0.1, 0.15) is 30.7 Å². The first kappa shape index (κ1) is 19.5. The van der Waals surface area contributed by atoms with E-state index in [1.807, 2.05) is 25.1 Å². The summed E-state index contributed by atoms with van der Waals surface area (Å²) in [6, 6.07) is 11.4. The lowest BCUT2D eigenvalue weighted by atomic mass is 9.79. The average Bonchev–Trinajstić information content (AvgIpc) is 3.06. The second-order valence-electron chi connectivity index (χ2n) is 8.13. The van der Waals surface area contributed by atoms with E-state index in [1.165, 1.54) is 22.5 Å². The van der Waals surface area contributed by atoms with Crippen LogP contribution in [0.3, 0.4) is 0 Å². The maximum Gasteiger partial charge on any atom is 0.243 e. The molecule has 2 aliphatic heterocycles. The molecule has 3 heterocycles. The molecule has 0 unspecified atom stereocenters. The fraction of sp³-hybridized carbons (Fsp3) is 0.476. The average molecular weight is 404 g/mol. The van der Waals surface area contributed by atoms with Gasteiger partial charge in [-0.15, -0.1) is 0 Å². The van der Waals surface area contributed by atoms with Crippen molar-refractivity contribution in [2.75, 3.05) is 26.2 Å². The molecule has 0 bridgehead atoms. The van der Waals surface area contributed by atoms with Crippen molar-refractivity contribution < 1.29 is 12.8 Å². The number of halogens is 1. The van der Waals surface area contributed by atoms with Crippen LogP contribution in [0.25, 0.3) is 0 Å². The summed E-state index contributed by atoms with van der Waals surface area (Å²) < 4.78 is 41.0. The Labute approximate surface area is 166 Å². The molecule has 0 amide bonds. The number of likely N-dealkylation sites (tertiary alicyclic amines) is 1. The van der Waals surface area contributed by atoms with E-state index >= 15 is 0 Å². The molecular weight excluding hydrogens is 377 g/mol. The predicted octanol–water partition coefficient (Wildman–Crippen LogP) is 3.21. The van der Waals surface area contributed by atoms with Gasteiger partial charge in [0.25, 0.3) is 0 Å². The topological polar surface area (TPSA) is 53.5 Å². The number of nitrogens with zero attached hydrogens (tertiary/aromatic N) is 3. The number of aromatic nitrogens is 1. The molecule has 2 aliphatic rings. The SMILES string of the molecule is Cc1cccc(CN2CCC[C@]3(CCN(S(=O)(=O)c4cccc(F)c4)C3)C2)n1. The van der Waals surface area contributed by atoms with Gasteiger partial charge in [0.15, 0.2) is 0 Å². The lowest BCUT2D eigenvalue weighted by molar-refractivity contribution is 0.0925. The van der Waals surface area contributed by atoms with Gasteiger partial charge in [-0.1, -0.05) is 12.1 Å². The zero-order valence-electron chi connectivity index (χ0n) is 16.1. The minimum absolute atomic E-state index is 0.0253. The van der Waals surface area contributed by atoms with E-state index in [4.69, 9.17) is 0 Å². The van der Waals surface area contributed by atoms with Gasteiger partial charge >= 0.3 is 0 Å². The van der Waals surface area contributed by atoms with Gasteiger partial charge in [0.1, 0.15) is 5.82 Å². The molecular formula is C21H26FN3O2S. The van der Waals surface area contributed by atoms with Crippen molar-refractivity contribution in [2.24, 2.45) is 5.41 Å². The molecule has 2 aromatic rings. The van der Waals surface area contributed by atoms with Crippen LogP contribution in [0, 0.1) is 18.2 Å². The molecule has 7 heteroatoms. The van der Waals surface area contributed by atoms with Gasteiger partial charge in [-0.2, -0.15) is 4.31 Å². The number of sulfonamides is 1. The Kier molecular flexibility index (Phi) is 5.24. The molecule has 1 spiro atoms. The summed E-state index contributed by atoms with van der Waals surface area (Å²) in [5.74, 6) is -0.524. The minimum atomic E-state index is -3.66. The zero-order chi connectivity index (χ0) is 19.8. The van der Waals surface area contributed by atoms with Crippen LogP contribution in [0.15, 0.2) is 47.4 Å². The lowest BCUT2D eigenvalue weighted by Crippen LogP contribution is -2.45. The molecule has 2 fully saturated rings. The zero-order valence-corrected chi connectivity index (χ0v) is 17.0. The van der Waals surface area contributed by atoms with E-state index in [9.17, 15) is 12.8 Å². The predicted molar refractivity (Wildman–Crippen MR) is 106 cm³/mol. The highest BCUT2D eigenvalue weighted by Crippen LogP contribution is 2.41. The van der Waals surface area contributed by atoms with Crippen molar-refractivity contribution in [2.45, 2.75) is 37.6 Å². The molecule has 28 heavy (non-hydrogen) atoms. The Morgan fingerprint density at radius 3 is 2.71 bits per heavy atom. The van der Waals surface area contributed by atoms with E-state index in [-0.39, 0.29) is 10.3 Å². The second kappa shape index (κ2) is 7.54. The molecule has 0 aliphatic carbocycles. The van der Waals surface area contributed by atoms with Gasteiger partial charge in [0.2, 0.25) is 10.0 Å². The largest absolute Gasteiger partial charge is 0.297 e. The third-order valence-corrected chi connectivity index (χ3v) is 7.75. The van der Waals surface area contributed by atoms with Gasteiger partial charge in [0.05, 0.1) is 10.6 Å². The number of aryl methyl sites for hydroxylation is 1. The van der Waals surface area contributed by atoms with Crippen molar-refractivity contribution >= 4 is 10.0 Å². The van der Waals surface area contributed by atoms with Gasteiger partial charge in [-0.05, 0) is 68.5 Å². The lowest BCUT2D eigenvalue weighted by Gasteiger charge is -2.40. The molecule has 0 N–H and O–H groups in total. The van der Waals surface area contributed by atoms with Crippen molar-refractivity contribution in [3.63, 3.8) is 0 Å². The summed E-state index contributed by atoms with van der Waals surface area (Å²) in [6.07, 6.45) is 2.93. The highest BCUT2D eigenvalue weighted by Gasteiger charge is 2.45. The quantitative estimate of drug-likeness (QED) is 0.787. The van der Waals surface area contributed by atoms with E-state index in [0.717, 1.165) is 56.4 Å². The summed E-state index contributed by atoms with van der Waals surface area (Å²) in [5, 5.41) is 0. The van der Waals surface area contributed by atoms with Gasteiger partial charge in [-0.3, -0.25) is 9.88 Å². The standard InChI is InChI=1S/C21H26FN3O2S/c1-17-5-2-7-19(23-17)14-24-11-4-9-21(15-24)10-12-25(16-21)28(26,27)20-8-3-6-18(22)13-20/h2-3,5-8,13H,4,9-12,14-16H2,1H3/t21-/m0/s1. The van der Waals surface area contributed by atoms with Crippen LogP contribution < -0.4 is 0 Å². The molecule has 2 saturated heterocycles. The van der Waals surface area contributed by atoms with E-state index in [2.05, 4.69) is 9.88 Å².